The van der Waals surface area contributed by atoms with Gasteiger partial charge in [-0.25, -0.2) is 0 Å². The highest BCUT2D eigenvalue weighted by Gasteiger charge is 2.46. The van der Waals surface area contributed by atoms with Gasteiger partial charge in [-0.05, 0) is 35.4 Å². The minimum absolute atomic E-state index is 0.108. The maximum atomic E-state index is 9.85. The van der Waals surface area contributed by atoms with Gasteiger partial charge in [0.25, 0.3) is 0 Å². The van der Waals surface area contributed by atoms with E-state index in [1.165, 1.54) is 5.56 Å². The third-order valence-electron chi connectivity index (χ3n) is 3.73. The van der Waals surface area contributed by atoms with Crippen molar-refractivity contribution in [2.45, 2.75) is 32.3 Å². The third kappa shape index (κ3) is 1.85. The van der Waals surface area contributed by atoms with Gasteiger partial charge in [-0.1, -0.05) is 48.3 Å². The van der Waals surface area contributed by atoms with E-state index in [0.29, 0.717) is 17.8 Å². The van der Waals surface area contributed by atoms with Crippen LogP contribution in [-0.4, -0.2) is 11.2 Å². The van der Waals surface area contributed by atoms with Gasteiger partial charge in [0.05, 0.1) is 6.10 Å². The van der Waals surface area contributed by atoms with Crippen LogP contribution in [0.5, 0.6) is 0 Å². The first-order valence-electron chi connectivity index (χ1n) is 5.58. The Morgan fingerprint density at radius 1 is 1.27 bits per heavy atom. The fourth-order valence-electron chi connectivity index (χ4n) is 2.79. The average molecular weight is 269 g/mol. The SMILES string of the molecule is CCC1C(O)C(C)C1c1ccc(Br)cc1. The summed E-state index contributed by atoms with van der Waals surface area (Å²) in [5, 5.41) is 9.85. The van der Waals surface area contributed by atoms with Gasteiger partial charge in [-0.2, -0.15) is 0 Å². The Balaban J connectivity index is 2.20. The van der Waals surface area contributed by atoms with E-state index in [4.69, 9.17) is 0 Å². The van der Waals surface area contributed by atoms with Crippen molar-refractivity contribution < 1.29 is 5.11 Å². The Morgan fingerprint density at radius 2 is 1.87 bits per heavy atom. The lowest BCUT2D eigenvalue weighted by Gasteiger charge is -2.48. The molecule has 1 aliphatic carbocycles. The Kier molecular flexibility index (Phi) is 3.17. The van der Waals surface area contributed by atoms with Crippen LogP contribution in [0.1, 0.15) is 31.7 Å². The smallest absolute Gasteiger partial charge is 0.0605 e. The molecule has 2 rings (SSSR count). The second-order valence-electron chi connectivity index (χ2n) is 4.50. The van der Waals surface area contributed by atoms with Crippen LogP contribution in [0.3, 0.4) is 0 Å². The average Bonchev–Trinajstić information content (AvgIpc) is 2.26. The molecule has 4 unspecified atom stereocenters. The van der Waals surface area contributed by atoms with E-state index in [2.05, 4.69) is 54.0 Å². The molecule has 1 saturated carbocycles. The van der Waals surface area contributed by atoms with Crippen molar-refractivity contribution in [2.24, 2.45) is 11.8 Å². The van der Waals surface area contributed by atoms with Crippen LogP contribution in [0, 0.1) is 11.8 Å². The van der Waals surface area contributed by atoms with Crippen LogP contribution < -0.4 is 0 Å². The van der Waals surface area contributed by atoms with Crippen molar-refractivity contribution in [1.29, 1.82) is 0 Å². The summed E-state index contributed by atoms with van der Waals surface area (Å²) >= 11 is 3.44. The Labute approximate surface area is 99.6 Å². The summed E-state index contributed by atoms with van der Waals surface area (Å²) in [4.78, 5) is 0. The molecule has 0 spiro atoms. The molecule has 82 valence electrons. The lowest BCUT2D eigenvalue weighted by molar-refractivity contribution is -0.0583. The number of aliphatic hydroxyl groups excluding tert-OH is 1. The third-order valence-corrected chi connectivity index (χ3v) is 4.26. The molecule has 1 aromatic carbocycles. The number of benzene rings is 1. The van der Waals surface area contributed by atoms with Crippen LogP contribution in [0.2, 0.25) is 0 Å². The zero-order chi connectivity index (χ0) is 11.0. The molecule has 0 aromatic heterocycles. The molecule has 0 saturated heterocycles. The highest BCUT2D eigenvalue weighted by atomic mass is 79.9. The van der Waals surface area contributed by atoms with Crippen molar-refractivity contribution in [3.63, 3.8) is 0 Å². The Bertz CT molecular complexity index is 333. The minimum atomic E-state index is -0.108. The fraction of sp³-hybridized carbons (Fsp3) is 0.538. The molecule has 4 atom stereocenters. The van der Waals surface area contributed by atoms with E-state index in [1.807, 2.05) is 0 Å². The summed E-state index contributed by atoms with van der Waals surface area (Å²) in [7, 11) is 0. The van der Waals surface area contributed by atoms with Crippen LogP contribution in [0.25, 0.3) is 0 Å². The van der Waals surface area contributed by atoms with Crippen LogP contribution in [-0.2, 0) is 0 Å². The molecule has 1 nitrogen and oxygen atoms in total. The van der Waals surface area contributed by atoms with Crippen LogP contribution in [0.4, 0.5) is 0 Å². The molecular weight excluding hydrogens is 252 g/mol. The zero-order valence-electron chi connectivity index (χ0n) is 9.15. The topological polar surface area (TPSA) is 20.2 Å². The molecule has 1 fully saturated rings. The van der Waals surface area contributed by atoms with Crippen molar-refractivity contribution in [3.05, 3.63) is 34.3 Å². The summed E-state index contributed by atoms with van der Waals surface area (Å²) in [5.41, 5.74) is 1.36. The van der Waals surface area contributed by atoms with E-state index >= 15 is 0 Å². The molecule has 1 N–H and O–H groups in total. The van der Waals surface area contributed by atoms with Crippen molar-refractivity contribution in [1.82, 2.24) is 0 Å². The summed E-state index contributed by atoms with van der Waals surface area (Å²) in [6, 6.07) is 8.50. The van der Waals surface area contributed by atoms with Crippen molar-refractivity contribution in [2.75, 3.05) is 0 Å². The molecule has 0 heterocycles. The summed E-state index contributed by atoms with van der Waals surface area (Å²) in [6.07, 6.45) is 0.954. The molecule has 1 aliphatic rings. The lowest BCUT2D eigenvalue weighted by atomic mass is 9.59. The number of rotatable bonds is 2. The number of hydrogen-bond acceptors (Lipinski definition) is 1. The molecule has 15 heavy (non-hydrogen) atoms. The highest BCUT2D eigenvalue weighted by Crippen LogP contribution is 2.49. The second-order valence-corrected chi connectivity index (χ2v) is 5.41. The first-order valence-corrected chi connectivity index (χ1v) is 6.38. The van der Waals surface area contributed by atoms with Gasteiger partial charge in [-0.15, -0.1) is 0 Å². The first kappa shape index (κ1) is 11.2. The highest BCUT2D eigenvalue weighted by molar-refractivity contribution is 9.10. The van der Waals surface area contributed by atoms with Gasteiger partial charge in [0.15, 0.2) is 0 Å². The Hall–Kier alpha value is -0.340. The van der Waals surface area contributed by atoms with Gasteiger partial charge in [0.1, 0.15) is 0 Å². The predicted molar refractivity (Wildman–Crippen MR) is 65.8 cm³/mol. The lowest BCUT2D eigenvalue weighted by Crippen LogP contribution is -2.47. The summed E-state index contributed by atoms with van der Waals surface area (Å²) in [6.45, 7) is 4.30. The number of halogens is 1. The first-order chi connectivity index (χ1) is 7.15. The Morgan fingerprint density at radius 3 is 2.40 bits per heavy atom. The second kappa shape index (κ2) is 4.26. The quantitative estimate of drug-likeness (QED) is 0.870. The molecule has 0 aliphatic heterocycles. The fourth-order valence-corrected chi connectivity index (χ4v) is 3.05. The van der Waals surface area contributed by atoms with Crippen LogP contribution >= 0.6 is 15.9 Å². The minimum Gasteiger partial charge on any atom is -0.393 e. The molecular formula is C13H17BrO. The van der Waals surface area contributed by atoms with Gasteiger partial charge in [0, 0.05) is 4.47 Å². The van der Waals surface area contributed by atoms with E-state index in [9.17, 15) is 5.11 Å². The number of aliphatic hydroxyl groups is 1. The van der Waals surface area contributed by atoms with E-state index in [-0.39, 0.29) is 6.10 Å². The molecule has 0 bridgehead atoms. The maximum absolute atomic E-state index is 9.85. The van der Waals surface area contributed by atoms with E-state index in [1.54, 1.807) is 0 Å². The molecule has 2 heteroatoms. The normalized spacial score (nSPS) is 34.9. The maximum Gasteiger partial charge on any atom is 0.0605 e. The van der Waals surface area contributed by atoms with Crippen molar-refractivity contribution in [3.8, 4) is 0 Å². The monoisotopic (exact) mass is 268 g/mol. The van der Waals surface area contributed by atoms with E-state index in [0.717, 1.165) is 10.9 Å². The van der Waals surface area contributed by atoms with Crippen LogP contribution in [0.15, 0.2) is 28.7 Å². The molecule has 0 amide bonds. The molecule has 1 aromatic rings. The van der Waals surface area contributed by atoms with Gasteiger partial charge in [-0.3, -0.25) is 0 Å². The summed E-state index contributed by atoms with van der Waals surface area (Å²) < 4.78 is 1.12. The summed E-state index contributed by atoms with van der Waals surface area (Å²) in [5.74, 6) is 1.38. The molecule has 0 radical (unpaired) electrons. The standard InChI is InChI=1S/C13H17BrO/c1-3-11-12(8(2)13(11)15)9-4-6-10(14)7-5-9/h4-8,11-13,15H,3H2,1-2H3. The van der Waals surface area contributed by atoms with Gasteiger partial charge >= 0.3 is 0 Å². The zero-order valence-corrected chi connectivity index (χ0v) is 10.7. The van der Waals surface area contributed by atoms with Gasteiger partial charge in [0.2, 0.25) is 0 Å². The van der Waals surface area contributed by atoms with Gasteiger partial charge < -0.3 is 5.11 Å². The van der Waals surface area contributed by atoms with Crippen molar-refractivity contribution >= 4 is 15.9 Å². The predicted octanol–water partition coefficient (Wildman–Crippen LogP) is 3.57. The largest absolute Gasteiger partial charge is 0.393 e. The number of hydrogen-bond donors (Lipinski definition) is 1. The van der Waals surface area contributed by atoms with E-state index < -0.39 is 0 Å².